The smallest absolute Gasteiger partial charge is 0.407 e. The minimum atomic E-state index is -0.505. The topological polar surface area (TPSA) is 79.5 Å². The summed E-state index contributed by atoms with van der Waals surface area (Å²) in [4.78, 5) is 22.9. The Morgan fingerprint density at radius 1 is 1.16 bits per heavy atom. The first-order chi connectivity index (χ1) is 8.78. The fourth-order valence-electron chi connectivity index (χ4n) is 1.43. The predicted molar refractivity (Wildman–Crippen MR) is 75.0 cm³/mol. The average molecular weight is 273 g/mol. The zero-order valence-electron chi connectivity index (χ0n) is 12.6. The molecule has 2 amide bonds. The van der Waals surface area contributed by atoms with E-state index in [0.717, 1.165) is 6.42 Å². The molecule has 0 spiro atoms. The van der Waals surface area contributed by atoms with E-state index in [-0.39, 0.29) is 11.9 Å². The van der Waals surface area contributed by atoms with Gasteiger partial charge in [0.15, 0.2) is 0 Å². The van der Waals surface area contributed by atoms with Crippen molar-refractivity contribution in [2.45, 2.75) is 52.2 Å². The molecule has 0 heterocycles. The van der Waals surface area contributed by atoms with Gasteiger partial charge in [-0.05, 0) is 34.2 Å². The van der Waals surface area contributed by atoms with E-state index in [1.807, 2.05) is 14.0 Å². The number of carbonyl (C=O) groups is 2. The quantitative estimate of drug-likeness (QED) is 0.605. The number of rotatable bonds is 7. The van der Waals surface area contributed by atoms with Crippen molar-refractivity contribution in [3.8, 4) is 0 Å². The van der Waals surface area contributed by atoms with Crippen molar-refractivity contribution in [3.05, 3.63) is 0 Å². The first-order valence-corrected chi connectivity index (χ1v) is 6.69. The molecular weight excluding hydrogens is 246 g/mol. The molecular formula is C13H27N3O3. The molecule has 0 aliphatic rings. The van der Waals surface area contributed by atoms with Gasteiger partial charge >= 0.3 is 6.09 Å². The SMILES string of the molecule is CCC(CC(=O)NCCNC(=O)OC(C)(C)C)NC. The van der Waals surface area contributed by atoms with E-state index in [2.05, 4.69) is 16.0 Å². The highest BCUT2D eigenvalue weighted by Crippen LogP contribution is 2.05. The highest BCUT2D eigenvalue weighted by molar-refractivity contribution is 5.76. The lowest BCUT2D eigenvalue weighted by molar-refractivity contribution is -0.121. The van der Waals surface area contributed by atoms with E-state index in [0.29, 0.717) is 19.5 Å². The number of alkyl carbamates (subject to hydrolysis) is 1. The third-order valence-corrected chi connectivity index (χ3v) is 2.45. The van der Waals surface area contributed by atoms with Crippen LogP contribution in [0, 0.1) is 0 Å². The summed E-state index contributed by atoms with van der Waals surface area (Å²) in [7, 11) is 1.84. The summed E-state index contributed by atoms with van der Waals surface area (Å²) in [5.41, 5.74) is -0.505. The van der Waals surface area contributed by atoms with Crippen LogP contribution >= 0.6 is 0 Å². The molecule has 6 nitrogen and oxygen atoms in total. The molecule has 0 aromatic carbocycles. The fraction of sp³-hybridized carbons (Fsp3) is 0.846. The van der Waals surface area contributed by atoms with Gasteiger partial charge in [-0.15, -0.1) is 0 Å². The molecule has 6 heteroatoms. The van der Waals surface area contributed by atoms with Crippen molar-refractivity contribution in [2.24, 2.45) is 0 Å². The van der Waals surface area contributed by atoms with Gasteiger partial charge in [0.25, 0.3) is 0 Å². The number of ether oxygens (including phenoxy) is 1. The van der Waals surface area contributed by atoms with Gasteiger partial charge < -0.3 is 20.7 Å². The molecule has 0 fully saturated rings. The van der Waals surface area contributed by atoms with E-state index in [9.17, 15) is 9.59 Å². The zero-order chi connectivity index (χ0) is 14.9. The second-order valence-corrected chi connectivity index (χ2v) is 5.38. The predicted octanol–water partition coefficient (Wildman–Crippen LogP) is 1.02. The summed E-state index contributed by atoms with van der Waals surface area (Å²) in [6, 6.07) is 0.193. The highest BCUT2D eigenvalue weighted by Gasteiger charge is 2.15. The molecule has 0 saturated carbocycles. The highest BCUT2D eigenvalue weighted by atomic mass is 16.6. The van der Waals surface area contributed by atoms with E-state index in [1.54, 1.807) is 20.8 Å². The van der Waals surface area contributed by atoms with Crippen LogP contribution in [0.15, 0.2) is 0 Å². The summed E-state index contributed by atoms with van der Waals surface area (Å²) in [5, 5.41) is 8.40. The molecule has 0 aromatic rings. The van der Waals surface area contributed by atoms with Crippen molar-refractivity contribution < 1.29 is 14.3 Å². The van der Waals surface area contributed by atoms with Crippen molar-refractivity contribution in [1.82, 2.24) is 16.0 Å². The van der Waals surface area contributed by atoms with Crippen LogP contribution < -0.4 is 16.0 Å². The lowest BCUT2D eigenvalue weighted by Gasteiger charge is -2.19. The largest absolute Gasteiger partial charge is 0.444 e. The summed E-state index contributed by atoms with van der Waals surface area (Å²) < 4.78 is 5.07. The Labute approximate surface area is 115 Å². The molecule has 112 valence electrons. The maximum atomic E-state index is 11.5. The van der Waals surface area contributed by atoms with Crippen LogP contribution in [0.25, 0.3) is 0 Å². The van der Waals surface area contributed by atoms with Gasteiger partial charge in [-0.1, -0.05) is 6.92 Å². The first-order valence-electron chi connectivity index (χ1n) is 6.69. The van der Waals surface area contributed by atoms with Crippen LogP contribution in [-0.2, 0) is 9.53 Å². The van der Waals surface area contributed by atoms with E-state index >= 15 is 0 Å². The molecule has 1 unspecified atom stereocenters. The lowest BCUT2D eigenvalue weighted by Crippen LogP contribution is -2.39. The molecule has 1 atom stereocenters. The van der Waals surface area contributed by atoms with Crippen LogP contribution in [0.1, 0.15) is 40.5 Å². The van der Waals surface area contributed by atoms with Crippen LogP contribution in [0.3, 0.4) is 0 Å². The second kappa shape index (κ2) is 8.74. The number of amides is 2. The lowest BCUT2D eigenvalue weighted by atomic mass is 10.1. The molecule has 0 aliphatic heterocycles. The standard InChI is InChI=1S/C13H27N3O3/c1-6-10(14-5)9-11(17)15-7-8-16-12(18)19-13(2,3)4/h10,14H,6-9H2,1-5H3,(H,15,17)(H,16,18). The Hall–Kier alpha value is -1.30. The van der Waals surface area contributed by atoms with Crippen molar-refractivity contribution >= 4 is 12.0 Å². The third-order valence-electron chi connectivity index (χ3n) is 2.45. The monoisotopic (exact) mass is 273 g/mol. The molecule has 0 aromatic heterocycles. The zero-order valence-corrected chi connectivity index (χ0v) is 12.6. The Morgan fingerprint density at radius 2 is 1.74 bits per heavy atom. The summed E-state index contributed by atoms with van der Waals surface area (Å²) in [6.07, 6.45) is 0.878. The molecule has 0 aliphatic carbocycles. The molecule has 0 bridgehead atoms. The van der Waals surface area contributed by atoms with E-state index in [4.69, 9.17) is 4.74 Å². The molecule has 19 heavy (non-hydrogen) atoms. The fourth-order valence-corrected chi connectivity index (χ4v) is 1.43. The Morgan fingerprint density at radius 3 is 2.21 bits per heavy atom. The Kier molecular flexibility index (Phi) is 8.14. The van der Waals surface area contributed by atoms with Gasteiger partial charge in [0.1, 0.15) is 5.60 Å². The van der Waals surface area contributed by atoms with Gasteiger partial charge in [0.05, 0.1) is 0 Å². The summed E-state index contributed by atoms with van der Waals surface area (Å²) in [6.45, 7) is 8.19. The second-order valence-electron chi connectivity index (χ2n) is 5.38. The molecule has 0 rings (SSSR count). The minimum Gasteiger partial charge on any atom is -0.444 e. The van der Waals surface area contributed by atoms with Gasteiger partial charge in [0.2, 0.25) is 5.91 Å². The average Bonchev–Trinajstić information content (AvgIpc) is 2.29. The van der Waals surface area contributed by atoms with Crippen LogP contribution in [-0.4, -0.2) is 43.8 Å². The van der Waals surface area contributed by atoms with Gasteiger partial charge in [-0.25, -0.2) is 4.79 Å². The van der Waals surface area contributed by atoms with Gasteiger partial charge in [-0.3, -0.25) is 4.79 Å². The van der Waals surface area contributed by atoms with Crippen molar-refractivity contribution in [2.75, 3.05) is 20.1 Å². The first kappa shape index (κ1) is 17.7. The van der Waals surface area contributed by atoms with Crippen LogP contribution in [0.4, 0.5) is 4.79 Å². The molecule has 3 N–H and O–H groups in total. The number of nitrogens with one attached hydrogen (secondary N) is 3. The number of hydrogen-bond acceptors (Lipinski definition) is 4. The van der Waals surface area contributed by atoms with Gasteiger partial charge in [-0.2, -0.15) is 0 Å². The van der Waals surface area contributed by atoms with Crippen molar-refractivity contribution in [1.29, 1.82) is 0 Å². The minimum absolute atomic E-state index is 0.0211. The van der Waals surface area contributed by atoms with Crippen LogP contribution in [0.5, 0.6) is 0 Å². The maximum absolute atomic E-state index is 11.5. The van der Waals surface area contributed by atoms with Crippen molar-refractivity contribution in [3.63, 3.8) is 0 Å². The number of carbonyl (C=O) groups excluding carboxylic acids is 2. The van der Waals surface area contributed by atoms with Gasteiger partial charge in [0, 0.05) is 25.6 Å². The third kappa shape index (κ3) is 10.3. The Balaban J connectivity index is 3.69. The normalized spacial score (nSPS) is 12.7. The Bertz CT molecular complexity index is 283. The summed E-state index contributed by atoms with van der Waals surface area (Å²) in [5.74, 6) is -0.0211. The molecule has 0 radical (unpaired) electrons. The maximum Gasteiger partial charge on any atom is 0.407 e. The number of hydrogen-bond donors (Lipinski definition) is 3. The molecule has 0 saturated heterocycles. The van der Waals surface area contributed by atoms with E-state index in [1.165, 1.54) is 0 Å². The van der Waals surface area contributed by atoms with E-state index < -0.39 is 11.7 Å². The van der Waals surface area contributed by atoms with Crippen LogP contribution in [0.2, 0.25) is 0 Å². The summed E-state index contributed by atoms with van der Waals surface area (Å²) >= 11 is 0.